The van der Waals surface area contributed by atoms with E-state index in [2.05, 4.69) is 19.6 Å². The van der Waals surface area contributed by atoms with Crippen molar-refractivity contribution in [2.24, 2.45) is 0 Å². The molecule has 0 fully saturated rings. The summed E-state index contributed by atoms with van der Waals surface area (Å²) in [5.41, 5.74) is 0. The summed E-state index contributed by atoms with van der Waals surface area (Å²) in [4.78, 5) is 11.0. The average molecular weight is 234 g/mol. The van der Waals surface area contributed by atoms with Crippen LogP contribution in [-0.4, -0.2) is 31.0 Å². The lowest BCUT2D eigenvalue weighted by Gasteiger charge is -2.12. The first-order valence-corrected chi connectivity index (χ1v) is 6.22. The molecule has 0 heterocycles. The summed E-state index contributed by atoms with van der Waals surface area (Å²) >= 11 is 3.95. The molecule has 0 aromatic heterocycles. The summed E-state index contributed by atoms with van der Waals surface area (Å²) in [7, 11) is 0. The summed E-state index contributed by atoms with van der Waals surface area (Å²) in [6, 6.07) is 0. The van der Waals surface area contributed by atoms with E-state index in [1.54, 1.807) is 0 Å². The van der Waals surface area contributed by atoms with Gasteiger partial charge in [-0.1, -0.05) is 13.3 Å². The maximum absolute atomic E-state index is 11.0. The minimum Gasteiger partial charge on any atom is -0.466 e. The topological polar surface area (TPSA) is 35.5 Å². The van der Waals surface area contributed by atoms with Crippen LogP contribution >= 0.6 is 12.6 Å². The van der Waals surface area contributed by atoms with Gasteiger partial charge in [-0.25, -0.2) is 0 Å². The summed E-state index contributed by atoms with van der Waals surface area (Å²) in [5.74, 6) is 0.368. The van der Waals surface area contributed by atoms with Crippen molar-refractivity contribution in [2.75, 3.05) is 19.0 Å². The van der Waals surface area contributed by atoms with Crippen LogP contribution in [0.3, 0.4) is 0 Å². The highest BCUT2D eigenvalue weighted by atomic mass is 32.1. The Bertz CT molecular complexity index is 162. The Hall–Kier alpha value is -0.220. The average Bonchev–Trinajstić information content (AvgIpc) is 2.18. The van der Waals surface area contributed by atoms with Gasteiger partial charge in [-0.2, -0.15) is 12.6 Å². The van der Waals surface area contributed by atoms with Crippen molar-refractivity contribution in [2.45, 2.75) is 45.6 Å². The molecular formula is C11H22O3S. The van der Waals surface area contributed by atoms with Crippen LogP contribution < -0.4 is 0 Å². The first kappa shape index (κ1) is 14.8. The zero-order valence-electron chi connectivity index (χ0n) is 9.70. The number of carbonyl (C=O) groups excluding carboxylic acids is 1. The standard InChI is InChI=1S/C11H22O3S/c1-3-4-7-13-10(2)5-8-14-11(12)6-9-15/h10,15H,3-9H2,1-2H3. The Labute approximate surface area is 97.9 Å². The molecule has 0 aromatic carbocycles. The SMILES string of the molecule is CCCCOC(C)CCOC(=O)CCS. The number of unbranched alkanes of at least 4 members (excludes halogenated alkanes) is 1. The minimum absolute atomic E-state index is 0.167. The van der Waals surface area contributed by atoms with Gasteiger partial charge in [0.2, 0.25) is 0 Å². The molecule has 1 atom stereocenters. The number of rotatable bonds is 9. The quantitative estimate of drug-likeness (QED) is 0.378. The lowest BCUT2D eigenvalue weighted by molar-refractivity contribution is -0.143. The van der Waals surface area contributed by atoms with E-state index in [1.807, 2.05) is 6.92 Å². The number of thiol groups is 1. The number of hydrogen-bond donors (Lipinski definition) is 1. The Morgan fingerprint density at radius 2 is 2.13 bits per heavy atom. The van der Waals surface area contributed by atoms with Gasteiger partial charge in [-0.05, 0) is 13.3 Å². The Morgan fingerprint density at radius 1 is 1.40 bits per heavy atom. The van der Waals surface area contributed by atoms with Crippen LogP contribution in [0.4, 0.5) is 0 Å². The largest absolute Gasteiger partial charge is 0.466 e. The van der Waals surface area contributed by atoms with Crippen LogP contribution in [0, 0.1) is 0 Å². The number of esters is 1. The van der Waals surface area contributed by atoms with Crippen molar-refractivity contribution in [1.29, 1.82) is 0 Å². The summed E-state index contributed by atoms with van der Waals surface area (Å²) < 4.78 is 10.5. The maximum Gasteiger partial charge on any atom is 0.306 e. The van der Waals surface area contributed by atoms with Gasteiger partial charge >= 0.3 is 5.97 Å². The summed E-state index contributed by atoms with van der Waals surface area (Å²) in [6.45, 7) is 5.37. The van der Waals surface area contributed by atoms with E-state index in [4.69, 9.17) is 9.47 Å². The molecule has 15 heavy (non-hydrogen) atoms. The normalized spacial score (nSPS) is 12.5. The lowest BCUT2D eigenvalue weighted by atomic mass is 10.3. The molecule has 1 unspecified atom stereocenters. The molecule has 90 valence electrons. The highest BCUT2D eigenvalue weighted by Gasteiger charge is 2.04. The number of hydrogen-bond acceptors (Lipinski definition) is 4. The maximum atomic E-state index is 11.0. The molecule has 3 nitrogen and oxygen atoms in total. The molecule has 0 aromatic rings. The van der Waals surface area contributed by atoms with Crippen molar-refractivity contribution >= 4 is 18.6 Å². The van der Waals surface area contributed by atoms with Crippen molar-refractivity contribution in [3.8, 4) is 0 Å². The van der Waals surface area contributed by atoms with Gasteiger partial charge in [0.1, 0.15) is 0 Å². The highest BCUT2D eigenvalue weighted by Crippen LogP contribution is 2.01. The molecule has 0 spiro atoms. The molecule has 0 aliphatic heterocycles. The van der Waals surface area contributed by atoms with E-state index in [0.717, 1.165) is 25.9 Å². The molecule has 0 radical (unpaired) electrons. The van der Waals surface area contributed by atoms with Gasteiger partial charge in [0, 0.05) is 18.8 Å². The fourth-order valence-electron chi connectivity index (χ4n) is 1.01. The number of ether oxygens (including phenoxy) is 2. The van der Waals surface area contributed by atoms with Gasteiger partial charge in [0.15, 0.2) is 0 Å². The van der Waals surface area contributed by atoms with Crippen molar-refractivity contribution in [1.82, 2.24) is 0 Å². The van der Waals surface area contributed by atoms with Crippen molar-refractivity contribution in [3.05, 3.63) is 0 Å². The molecule has 0 saturated heterocycles. The monoisotopic (exact) mass is 234 g/mol. The highest BCUT2D eigenvalue weighted by molar-refractivity contribution is 7.80. The summed E-state index contributed by atoms with van der Waals surface area (Å²) in [6.07, 6.45) is 3.55. The van der Waals surface area contributed by atoms with E-state index >= 15 is 0 Å². The van der Waals surface area contributed by atoms with E-state index in [0.29, 0.717) is 18.8 Å². The second kappa shape index (κ2) is 10.3. The molecule has 0 aliphatic carbocycles. The van der Waals surface area contributed by atoms with Gasteiger partial charge < -0.3 is 9.47 Å². The second-order valence-corrected chi connectivity index (χ2v) is 3.96. The van der Waals surface area contributed by atoms with Crippen LogP contribution in [0.5, 0.6) is 0 Å². The van der Waals surface area contributed by atoms with Gasteiger partial charge in [0.25, 0.3) is 0 Å². The third-order valence-corrected chi connectivity index (χ3v) is 2.23. The van der Waals surface area contributed by atoms with E-state index in [1.165, 1.54) is 0 Å². The van der Waals surface area contributed by atoms with Crippen molar-refractivity contribution in [3.63, 3.8) is 0 Å². The van der Waals surface area contributed by atoms with E-state index < -0.39 is 0 Å². The minimum atomic E-state index is -0.175. The Balaban J connectivity index is 3.30. The Kier molecular flexibility index (Phi) is 10.2. The first-order valence-electron chi connectivity index (χ1n) is 5.58. The third-order valence-electron chi connectivity index (χ3n) is 2.00. The van der Waals surface area contributed by atoms with Gasteiger partial charge in [-0.15, -0.1) is 0 Å². The van der Waals surface area contributed by atoms with Crippen LogP contribution in [0.15, 0.2) is 0 Å². The van der Waals surface area contributed by atoms with Crippen LogP contribution in [0.1, 0.15) is 39.5 Å². The van der Waals surface area contributed by atoms with Crippen molar-refractivity contribution < 1.29 is 14.3 Å². The van der Waals surface area contributed by atoms with E-state index in [9.17, 15) is 4.79 Å². The molecule has 0 N–H and O–H groups in total. The van der Waals surface area contributed by atoms with Crippen LogP contribution in [0.25, 0.3) is 0 Å². The molecule has 0 saturated carbocycles. The molecule has 0 bridgehead atoms. The van der Waals surface area contributed by atoms with E-state index in [-0.39, 0.29) is 12.1 Å². The predicted octanol–water partition coefficient (Wildman–Crippen LogP) is 2.44. The van der Waals surface area contributed by atoms with Crippen LogP contribution in [0.2, 0.25) is 0 Å². The molecular weight excluding hydrogens is 212 g/mol. The van der Waals surface area contributed by atoms with Gasteiger partial charge in [-0.3, -0.25) is 4.79 Å². The Morgan fingerprint density at radius 3 is 2.73 bits per heavy atom. The third kappa shape index (κ3) is 10.1. The number of carbonyl (C=O) groups is 1. The molecule has 0 rings (SSSR count). The lowest BCUT2D eigenvalue weighted by Crippen LogP contribution is -2.14. The van der Waals surface area contributed by atoms with Crippen LogP contribution in [-0.2, 0) is 14.3 Å². The smallest absolute Gasteiger partial charge is 0.306 e. The zero-order valence-corrected chi connectivity index (χ0v) is 10.6. The first-order chi connectivity index (χ1) is 7.20. The zero-order chi connectivity index (χ0) is 11.5. The van der Waals surface area contributed by atoms with Gasteiger partial charge in [0.05, 0.1) is 19.1 Å². The molecule has 0 amide bonds. The predicted molar refractivity (Wildman–Crippen MR) is 64.4 cm³/mol. The molecule has 0 aliphatic rings. The second-order valence-electron chi connectivity index (χ2n) is 3.52. The molecule has 4 heteroatoms. The fraction of sp³-hybridized carbons (Fsp3) is 0.909. The fourth-order valence-corrected chi connectivity index (χ4v) is 1.20. The summed E-state index contributed by atoms with van der Waals surface area (Å²) in [5, 5.41) is 0.